The molecule has 6 nitrogen and oxygen atoms in total. The largest absolute Gasteiger partial charge is 0.482 e. The lowest BCUT2D eigenvalue weighted by Gasteiger charge is -2.29. The highest BCUT2D eigenvalue weighted by Gasteiger charge is 2.28. The number of rotatable bonds is 5. The van der Waals surface area contributed by atoms with Crippen molar-refractivity contribution < 1.29 is 14.3 Å². The van der Waals surface area contributed by atoms with Crippen molar-refractivity contribution in [3.8, 4) is 27.7 Å². The van der Waals surface area contributed by atoms with Crippen LogP contribution in [0.4, 0.5) is 5.69 Å². The Morgan fingerprint density at radius 1 is 1.09 bits per heavy atom. The Labute approximate surface area is 189 Å². The molecule has 7 heteroatoms. The topological polar surface area (TPSA) is 72.4 Å². The maximum Gasteiger partial charge on any atom is 0.265 e. The van der Waals surface area contributed by atoms with E-state index in [-0.39, 0.29) is 24.8 Å². The number of Topliss-reactive ketones (excluding diaryl/α,β-unsaturated/α-hetero) is 1. The highest BCUT2D eigenvalue weighted by molar-refractivity contribution is 7.13. The maximum atomic E-state index is 12.8. The number of pyridine rings is 1. The van der Waals surface area contributed by atoms with Gasteiger partial charge in [-0.15, -0.1) is 11.3 Å². The van der Waals surface area contributed by atoms with Crippen LogP contribution in [0.1, 0.15) is 15.9 Å². The predicted molar refractivity (Wildman–Crippen MR) is 124 cm³/mol. The van der Waals surface area contributed by atoms with E-state index >= 15 is 0 Å². The highest BCUT2D eigenvalue weighted by atomic mass is 32.1. The molecule has 2 aromatic carbocycles. The number of ether oxygens (including phenoxy) is 1. The fourth-order valence-electron chi connectivity index (χ4n) is 3.52. The van der Waals surface area contributed by atoms with Gasteiger partial charge in [0.25, 0.3) is 5.91 Å². The minimum atomic E-state index is -0.248. The van der Waals surface area contributed by atoms with Crippen molar-refractivity contribution in [1.82, 2.24) is 9.97 Å². The van der Waals surface area contributed by atoms with E-state index < -0.39 is 0 Å². The third kappa shape index (κ3) is 3.90. The lowest BCUT2D eigenvalue weighted by atomic mass is 10.1. The number of hydrogen-bond donors (Lipinski definition) is 0. The van der Waals surface area contributed by atoms with Crippen LogP contribution in [0.15, 0.2) is 72.2 Å². The van der Waals surface area contributed by atoms with Crippen molar-refractivity contribution in [2.75, 3.05) is 18.1 Å². The molecule has 1 aliphatic heterocycles. The van der Waals surface area contributed by atoms with Gasteiger partial charge in [-0.1, -0.05) is 35.9 Å². The van der Waals surface area contributed by atoms with E-state index in [4.69, 9.17) is 9.72 Å². The zero-order valence-electron chi connectivity index (χ0n) is 17.3. The van der Waals surface area contributed by atoms with Crippen molar-refractivity contribution in [3.05, 3.63) is 83.4 Å². The van der Waals surface area contributed by atoms with Gasteiger partial charge in [0.2, 0.25) is 0 Å². The summed E-state index contributed by atoms with van der Waals surface area (Å²) in [5.74, 6) is 0.204. The van der Waals surface area contributed by atoms with Crippen LogP contribution in [0, 0.1) is 6.92 Å². The van der Waals surface area contributed by atoms with Gasteiger partial charge in [0.05, 0.1) is 23.6 Å². The molecule has 0 spiro atoms. The molecule has 0 saturated heterocycles. The summed E-state index contributed by atoms with van der Waals surface area (Å²) in [6, 6.07) is 18.6. The van der Waals surface area contributed by atoms with Crippen LogP contribution >= 0.6 is 11.3 Å². The predicted octanol–water partition coefficient (Wildman–Crippen LogP) is 4.79. The highest BCUT2D eigenvalue weighted by Crippen LogP contribution is 2.37. The lowest BCUT2D eigenvalue weighted by molar-refractivity contribution is -0.121. The molecule has 158 valence electrons. The molecule has 4 aromatic rings. The van der Waals surface area contributed by atoms with Crippen LogP contribution in [0.2, 0.25) is 0 Å². The molecule has 0 radical (unpaired) electrons. The fourth-order valence-corrected chi connectivity index (χ4v) is 4.33. The number of ketones is 1. The van der Waals surface area contributed by atoms with Crippen LogP contribution in [-0.2, 0) is 4.79 Å². The zero-order valence-corrected chi connectivity index (χ0v) is 18.1. The molecular formula is C25H19N3O3S. The first kappa shape index (κ1) is 20.1. The molecule has 3 heterocycles. The number of nitrogens with zero attached hydrogens (tertiary/aromatic N) is 3. The van der Waals surface area contributed by atoms with Crippen LogP contribution in [-0.4, -0.2) is 34.8 Å². The number of fused-ring (bicyclic) bond motifs is 1. The van der Waals surface area contributed by atoms with Crippen molar-refractivity contribution in [3.63, 3.8) is 0 Å². The second-order valence-electron chi connectivity index (χ2n) is 7.49. The molecule has 2 aromatic heterocycles. The second kappa shape index (κ2) is 8.36. The number of thiazole rings is 1. The SMILES string of the molecule is Cc1ccc(C(=O)CN2C(=O)COc3ccc(-c4csc(-c5ccccn5)n4)cc32)cc1. The summed E-state index contributed by atoms with van der Waals surface area (Å²) in [7, 11) is 0. The molecular weight excluding hydrogens is 422 g/mol. The third-order valence-corrected chi connectivity index (χ3v) is 6.13. The Morgan fingerprint density at radius 3 is 2.72 bits per heavy atom. The number of amides is 1. The number of carbonyl (C=O) groups excluding carboxylic acids is 2. The average molecular weight is 442 g/mol. The number of aryl methyl sites for hydroxylation is 1. The van der Waals surface area contributed by atoms with Crippen LogP contribution < -0.4 is 9.64 Å². The van der Waals surface area contributed by atoms with Gasteiger partial charge in [0.1, 0.15) is 10.8 Å². The molecule has 32 heavy (non-hydrogen) atoms. The van der Waals surface area contributed by atoms with E-state index in [0.717, 1.165) is 27.5 Å². The van der Waals surface area contributed by atoms with Crippen LogP contribution in [0.25, 0.3) is 22.0 Å². The van der Waals surface area contributed by atoms with Gasteiger partial charge in [-0.05, 0) is 37.3 Å². The van der Waals surface area contributed by atoms with Gasteiger partial charge in [0, 0.05) is 22.7 Å². The maximum absolute atomic E-state index is 12.8. The summed E-state index contributed by atoms with van der Waals surface area (Å²) in [6.45, 7) is 1.83. The van der Waals surface area contributed by atoms with Gasteiger partial charge in [0.15, 0.2) is 12.4 Å². The normalized spacial score (nSPS) is 12.9. The average Bonchev–Trinajstić information content (AvgIpc) is 3.32. The second-order valence-corrected chi connectivity index (χ2v) is 8.35. The minimum absolute atomic E-state index is 0.0437. The summed E-state index contributed by atoms with van der Waals surface area (Å²) in [5, 5.41) is 2.77. The zero-order chi connectivity index (χ0) is 22.1. The van der Waals surface area contributed by atoms with E-state index in [2.05, 4.69) is 4.98 Å². The first-order chi connectivity index (χ1) is 15.6. The van der Waals surface area contributed by atoms with Crippen molar-refractivity contribution in [2.45, 2.75) is 6.92 Å². The Hall–Kier alpha value is -3.84. The number of carbonyl (C=O) groups is 2. The van der Waals surface area contributed by atoms with Gasteiger partial charge in [-0.25, -0.2) is 4.98 Å². The lowest BCUT2D eigenvalue weighted by Crippen LogP contribution is -2.42. The van der Waals surface area contributed by atoms with E-state index in [1.165, 1.54) is 16.2 Å². The molecule has 0 aliphatic carbocycles. The summed E-state index contributed by atoms with van der Waals surface area (Å²) in [6.07, 6.45) is 1.74. The molecule has 0 fully saturated rings. The molecule has 0 N–H and O–H groups in total. The van der Waals surface area contributed by atoms with Crippen molar-refractivity contribution in [1.29, 1.82) is 0 Å². The quantitative estimate of drug-likeness (QED) is 0.417. The standard InChI is InChI=1S/C25H19N3O3S/c1-16-5-7-17(8-6-16)22(29)13-28-21-12-18(9-10-23(21)31-14-24(28)30)20-15-32-25(27-20)19-4-2-3-11-26-19/h2-12,15H,13-14H2,1H3. The Balaban J connectivity index is 1.45. The molecule has 1 amide bonds. The summed E-state index contributed by atoms with van der Waals surface area (Å²) >= 11 is 1.51. The molecule has 0 saturated carbocycles. The van der Waals surface area contributed by atoms with Crippen LogP contribution in [0.5, 0.6) is 5.75 Å². The number of hydrogen-bond acceptors (Lipinski definition) is 6. The van der Waals surface area contributed by atoms with E-state index in [0.29, 0.717) is 17.0 Å². The van der Waals surface area contributed by atoms with Gasteiger partial charge < -0.3 is 4.74 Å². The minimum Gasteiger partial charge on any atom is -0.482 e. The molecule has 1 aliphatic rings. The number of benzene rings is 2. The molecule has 0 unspecified atom stereocenters. The van der Waals surface area contributed by atoms with E-state index in [1.54, 1.807) is 18.3 Å². The summed E-state index contributed by atoms with van der Waals surface area (Å²) < 4.78 is 5.60. The Bertz CT molecular complexity index is 1300. The van der Waals surface area contributed by atoms with Crippen LogP contribution in [0.3, 0.4) is 0 Å². The summed E-state index contributed by atoms with van der Waals surface area (Å²) in [5.41, 5.74) is 4.66. The monoisotopic (exact) mass is 441 g/mol. The molecule has 0 bridgehead atoms. The number of anilines is 1. The first-order valence-electron chi connectivity index (χ1n) is 10.1. The molecule has 5 rings (SSSR count). The van der Waals surface area contributed by atoms with Crippen molar-refractivity contribution >= 4 is 28.7 Å². The van der Waals surface area contributed by atoms with Crippen molar-refractivity contribution in [2.24, 2.45) is 0 Å². The fraction of sp³-hybridized carbons (Fsp3) is 0.120. The van der Waals surface area contributed by atoms with E-state index in [1.807, 2.05) is 60.8 Å². The van der Waals surface area contributed by atoms with Gasteiger partial charge in [-0.3, -0.25) is 19.5 Å². The third-order valence-electron chi connectivity index (χ3n) is 5.26. The summed E-state index contributed by atoms with van der Waals surface area (Å²) in [4.78, 5) is 36.0. The Morgan fingerprint density at radius 2 is 1.94 bits per heavy atom. The Kier molecular flexibility index (Phi) is 5.25. The van der Waals surface area contributed by atoms with E-state index in [9.17, 15) is 9.59 Å². The molecule has 0 atom stereocenters. The smallest absolute Gasteiger partial charge is 0.265 e. The van der Waals surface area contributed by atoms with Gasteiger partial charge in [-0.2, -0.15) is 0 Å². The van der Waals surface area contributed by atoms with Gasteiger partial charge >= 0.3 is 0 Å². The number of aromatic nitrogens is 2. The first-order valence-corrected chi connectivity index (χ1v) is 11.0.